The van der Waals surface area contributed by atoms with Crippen LogP contribution in [0.1, 0.15) is 37.3 Å². The Morgan fingerprint density at radius 2 is 2.14 bits per heavy atom. The maximum absolute atomic E-state index is 10.4. The summed E-state index contributed by atoms with van der Waals surface area (Å²) in [7, 11) is 0. The average Bonchev–Trinajstić information content (AvgIpc) is 2.17. The molecule has 0 saturated heterocycles. The van der Waals surface area contributed by atoms with Crippen molar-refractivity contribution >= 4 is 22.2 Å². The molecule has 0 fully saturated rings. The van der Waals surface area contributed by atoms with Crippen molar-refractivity contribution in [2.45, 2.75) is 32.6 Å². The number of halogens is 1. The molecule has 0 saturated carbocycles. The Balaban J connectivity index is 2.96. The van der Waals surface area contributed by atoms with Gasteiger partial charge in [0.25, 0.3) is 0 Å². The van der Waals surface area contributed by atoms with Crippen LogP contribution in [0.25, 0.3) is 0 Å². The molecule has 0 spiro atoms. The minimum absolute atomic E-state index is 0.315. The van der Waals surface area contributed by atoms with Crippen LogP contribution in [0, 0.1) is 0 Å². The molecule has 1 aromatic rings. The number of hydrogen-bond acceptors (Lipinski definition) is 1. The van der Waals surface area contributed by atoms with Gasteiger partial charge in [0, 0.05) is 10.9 Å². The number of carbonyl (C=O) groups is 1. The predicted octanol–water partition coefficient (Wildman–Crippen LogP) is 3.70. The summed E-state index contributed by atoms with van der Waals surface area (Å²) in [6.07, 6.45) is 2.61. The first-order chi connectivity index (χ1) is 6.67. The maximum Gasteiger partial charge on any atom is 0.120 e. The summed E-state index contributed by atoms with van der Waals surface area (Å²) in [4.78, 5) is 10.4. The van der Waals surface area contributed by atoms with Gasteiger partial charge in [-0.25, -0.2) is 0 Å². The highest BCUT2D eigenvalue weighted by molar-refractivity contribution is 9.10. The number of aldehydes is 1. The van der Waals surface area contributed by atoms with Crippen molar-refractivity contribution in [3.63, 3.8) is 0 Å². The molecule has 0 heterocycles. The van der Waals surface area contributed by atoms with Crippen molar-refractivity contribution < 1.29 is 4.79 Å². The molecule has 0 N–H and O–H groups in total. The SMILES string of the molecule is CCc1cc(Br)cc(C(C)CC=O)c1. The van der Waals surface area contributed by atoms with Crippen LogP contribution in [0.2, 0.25) is 0 Å². The van der Waals surface area contributed by atoms with E-state index < -0.39 is 0 Å². The molecule has 0 amide bonds. The van der Waals surface area contributed by atoms with E-state index in [2.05, 4.69) is 48.0 Å². The van der Waals surface area contributed by atoms with Gasteiger partial charge in [0.05, 0.1) is 0 Å². The minimum Gasteiger partial charge on any atom is -0.303 e. The van der Waals surface area contributed by atoms with Gasteiger partial charge in [-0.2, -0.15) is 0 Å². The second-order valence-electron chi connectivity index (χ2n) is 3.55. The Kier molecular flexibility index (Phi) is 4.33. The molecule has 1 unspecified atom stereocenters. The lowest BCUT2D eigenvalue weighted by molar-refractivity contribution is -0.108. The Labute approximate surface area is 93.7 Å². The van der Waals surface area contributed by atoms with Gasteiger partial charge in [-0.1, -0.05) is 35.8 Å². The van der Waals surface area contributed by atoms with E-state index in [0.29, 0.717) is 12.3 Å². The molecule has 2 heteroatoms. The number of carbonyl (C=O) groups excluding carboxylic acids is 1. The zero-order chi connectivity index (χ0) is 10.6. The van der Waals surface area contributed by atoms with Gasteiger partial charge in [0.1, 0.15) is 6.29 Å². The van der Waals surface area contributed by atoms with Crippen molar-refractivity contribution in [3.05, 3.63) is 33.8 Å². The average molecular weight is 255 g/mol. The molecular formula is C12H15BrO. The fourth-order valence-electron chi connectivity index (χ4n) is 1.44. The zero-order valence-electron chi connectivity index (χ0n) is 8.59. The van der Waals surface area contributed by atoms with Crippen molar-refractivity contribution in [1.29, 1.82) is 0 Å². The van der Waals surface area contributed by atoms with E-state index in [4.69, 9.17) is 0 Å². The monoisotopic (exact) mass is 254 g/mol. The third kappa shape index (κ3) is 2.95. The number of aryl methyl sites for hydroxylation is 1. The molecule has 1 rings (SSSR count). The van der Waals surface area contributed by atoms with Crippen LogP contribution in [0.5, 0.6) is 0 Å². The first-order valence-corrected chi connectivity index (χ1v) is 5.69. The summed E-state index contributed by atoms with van der Waals surface area (Å²) in [6, 6.07) is 6.39. The fraction of sp³-hybridized carbons (Fsp3) is 0.417. The van der Waals surface area contributed by atoms with Crippen molar-refractivity contribution in [2.24, 2.45) is 0 Å². The summed E-state index contributed by atoms with van der Waals surface area (Å²) in [6.45, 7) is 4.21. The van der Waals surface area contributed by atoms with E-state index >= 15 is 0 Å². The first kappa shape index (κ1) is 11.4. The molecule has 1 aromatic carbocycles. The molecular weight excluding hydrogens is 240 g/mol. The van der Waals surface area contributed by atoms with Crippen molar-refractivity contribution in [3.8, 4) is 0 Å². The van der Waals surface area contributed by atoms with Crippen molar-refractivity contribution in [2.75, 3.05) is 0 Å². The lowest BCUT2D eigenvalue weighted by atomic mass is 9.96. The van der Waals surface area contributed by atoms with Gasteiger partial charge < -0.3 is 4.79 Å². The summed E-state index contributed by atoms with van der Waals surface area (Å²) >= 11 is 3.48. The van der Waals surface area contributed by atoms with E-state index in [1.54, 1.807) is 0 Å². The Bertz CT molecular complexity index is 320. The molecule has 14 heavy (non-hydrogen) atoms. The van der Waals surface area contributed by atoms with Gasteiger partial charge in [-0.15, -0.1) is 0 Å². The van der Waals surface area contributed by atoms with E-state index in [9.17, 15) is 4.79 Å². The van der Waals surface area contributed by atoms with Crippen LogP contribution in [0.4, 0.5) is 0 Å². The molecule has 0 aromatic heterocycles. The molecule has 0 bridgehead atoms. The molecule has 0 aliphatic heterocycles. The molecule has 0 aliphatic rings. The maximum atomic E-state index is 10.4. The lowest BCUT2D eigenvalue weighted by Crippen LogP contribution is -1.95. The van der Waals surface area contributed by atoms with Gasteiger partial charge >= 0.3 is 0 Å². The summed E-state index contributed by atoms with van der Waals surface area (Å²) < 4.78 is 1.10. The quantitative estimate of drug-likeness (QED) is 0.749. The summed E-state index contributed by atoms with van der Waals surface area (Å²) in [5, 5.41) is 0. The number of hydrogen-bond donors (Lipinski definition) is 0. The largest absolute Gasteiger partial charge is 0.303 e. The summed E-state index contributed by atoms with van der Waals surface area (Å²) in [5.41, 5.74) is 2.55. The topological polar surface area (TPSA) is 17.1 Å². The summed E-state index contributed by atoms with van der Waals surface area (Å²) in [5.74, 6) is 0.315. The number of rotatable bonds is 4. The smallest absolute Gasteiger partial charge is 0.120 e. The molecule has 0 aliphatic carbocycles. The van der Waals surface area contributed by atoms with Crippen LogP contribution >= 0.6 is 15.9 Å². The zero-order valence-corrected chi connectivity index (χ0v) is 10.2. The fourth-order valence-corrected chi connectivity index (χ4v) is 2.00. The Hall–Kier alpha value is -0.630. The Morgan fingerprint density at radius 3 is 2.71 bits per heavy atom. The standard InChI is InChI=1S/C12H15BrO/c1-3-10-6-11(8-12(13)7-10)9(2)4-5-14/h5-9H,3-4H2,1-2H3. The highest BCUT2D eigenvalue weighted by atomic mass is 79.9. The molecule has 1 nitrogen and oxygen atoms in total. The lowest BCUT2D eigenvalue weighted by Gasteiger charge is -2.10. The predicted molar refractivity (Wildman–Crippen MR) is 62.6 cm³/mol. The van der Waals surface area contributed by atoms with Crippen LogP contribution in [0.3, 0.4) is 0 Å². The molecule has 1 atom stereocenters. The molecule has 0 radical (unpaired) electrons. The van der Waals surface area contributed by atoms with Gasteiger partial charge in [-0.3, -0.25) is 0 Å². The highest BCUT2D eigenvalue weighted by Crippen LogP contribution is 2.24. The third-order valence-electron chi connectivity index (χ3n) is 2.41. The van der Waals surface area contributed by atoms with Crippen LogP contribution in [-0.4, -0.2) is 6.29 Å². The van der Waals surface area contributed by atoms with Crippen LogP contribution in [0.15, 0.2) is 22.7 Å². The van der Waals surface area contributed by atoms with Crippen LogP contribution in [-0.2, 0) is 11.2 Å². The molecule has 76 valence electrons. The normalized spacial score (nSPS) is 12.5. The van der Waals surface area contributed by atoms with Gasteiger partial charge in [0.15, 0.2) is 0 Å². The second-order valence-corrected chi connectivity index (χ2v) is 4.47. The van der Waals surface area contributed by atoms with Gasteiger partial charge in [-0.05, 0) is 35.6 Å². The van der Waals surface area contributed by atoms with Crippen LogP contribution < -0.4 is 0 Å². The minimum atomic E-state index is 0.315. The van der Waals surface area contributed by atoms with Gasteiger partial charge in [0.2, 0.25) is 0 Å². The highest BCUT2D eigenvalue weighted by Gasteiger charge is 2.06. The van der Waals surface area contributed by atoms with E-state index in [1.807, 2.05) is 0 Å². The third-order valence-corrected chi connectivity index (χ3v) is 2.86. The van der Waals surface area contributed by atoms with Crippen molar-refractivity contribution in [1.82, 2.24) is 0 Å². The van der Waals surface area contributed by atoms with E-state index in [1.165, 1.54) is 11.1 Å². The van der Waals surface area contributed by atoms with E-state index in [-0.39, 0.29) is 0 Å². The number of benzene rings is 1. The van der Waals surface area contributed by atoms with E-state index in [0.717, 1.165) is 17.2 Å². The second kappa shape index (κ2) is 5.30. The first-order valence-electron chi connectivity index (χ1n) is 4.90. The Morgan fingerprint density at radius 1 is 1.43 bits per heavy atom.